The van der Waals surface area contributed by atoms with Crippen LogP contribution < -0.4 is 0 Å². The lowest BCUT2D eigenvalue weighted by Crippen LogP contribution is -2.31. The molecular formula is C22H33N3S. The number of nitrogens with zero attached hydrogens (tertiary/aromatic N) is 3. The molecule has 0 unspecified atom stereocenters. The van der Waals surface area contributed by atoms with Crippen LogP contribution in [0.2, 0.25) is 0 Å². The molecule has 0 radical (unpaired) electrons. The smallest absolute Gasteiger partial charge is 0.127 e. The summed E-state index contributed by atoms with van der Waals surface area (Å²) in [6.07, 6.45) is 15.2. The fraction of sp³-hybridized carbons (Fsp3) is 0.727. The quantitative estimate of drug-likeness (QED) is 0.599. The third-order valence-electron chi connectivity index (χ3n) is 6.46. The lowest BCUT2D eigenvalue weighted by Gasteiger charge is -2.27. The predicted octanol–water partition coefficient (Wildman–Crippen LogP) is 6.20. The number of aromatic nitrogens is 2. The van der Waals surface area contributed by atoms with Gasteiger partial charge in [0.1, 0.15) is 10.7 Å². The van der Waals surface area contributed by atoms with Crippen LogP contribution >= 0.6 is 11.3 Å². The average molecular weight is 372 g/mol. The molecular weight excluding hydrogens is 338 g/mol. The largest absolute Gasteiger partial charge is 0.298 e. The molecule has 2 saturated carbocycles. The van der Waals surface area contributed by atoms with Gasteiger partial charge in [0.2, 0.25) is 0 Å². The standard InChI is InChI=1S/C22H33N3S/c1-16-23-20(15-25(2)18-12-8-3-4-9-13-18)19-14-21(26-22(19)24-16)17-10-6-5-7-11-17/h14,17-18H,3-13,15H2,1-2H3. The highest BCUT2D eigenvalue weighted by Gasteiger charge is 2.22. The molecule has 0 amide bonds. The zero-order valence-electron chi connectivity index (χ0n) is 16.5. The topological polar surface area (TPSA) is 29.0 Å². The summed E-state index contributed by atoms with van der Waals surface area (Å²) in [7, 11) is 2.30. The zero-order chi connectivity index (χ0) is 17.9. The molecule has 2 fully saturated rings. The molecule has 2 heterocycles. The number of fused-ring (bicyclic) bond motifs is 1. The van der Waals surface area contributed by atoms with Gasteiger partial charge in [-0.1, -0.05) is 44.9 Å². The summed E-state index contributed by atoms with van der Waals surface area (Å²) < 4.78 is 0. The minimum atomic E-state index is 0.722. The Labute approximate surface area is 162 Å². The van der Waals surface area contributed by atoms with E-state index in [4.69, 9.17) is 9.97 Å². The van der Waals surface area contributed by atoms with E-state index < -0.39 is 0 Å². The van der Waals surface area contributed by atoms with Gasteiger partial charge in [-0.3, -0.25) is 4.90 Å². The molecule has 4 heteroatoms. The van der Waals surface area contributed by atoms with Crippen molar-refractivity contribution in [2.24, 2.45) is 0 Å². The van der Waals surface area contributed by atoms with E-state index in [0.717, 1.165) is 24.3 Å². The highest BCUT2D eigenvalue weighted by Crippen LogP contribution is 2.39. The van der Waals surface area contributed by atoms with E-state index in [9.17, 15) is 0 Å². The van der Waals surface area contributed by atoms with Gasteiger partial charge in [-0.25, -0.2) is 9.97 Å². The van der Waals surface area contributed by atoms with Gasteiger partial charge in [-0.05, 0) is 51.6 Å². The lowest BCUT2D eigenvalue weighted by molar-refractivity contribution is 0.211. The fourth-order valence-corrected chi connectivity index (χ4v) is 6.16. The Hall–Kier alpha value is -1.00. The molecule has 2 aromatic heterocycles. The molecule has 0 saturated heterocycles. The zero-order valence-corrected chi connectivity index (χ0v) is 17.3. The minimum absolute atomic E-state index is 0.722. The Bertz CT molecular complexity index is 724. The van der Waals surface area contributed by atoms with Gasteiger partial charge in [-0.15, -0.1) is 11.3 Å². The fourth-order valence-electron chi connectivity index (χ4n) is 4.89. The Balaban J connectivity index is 1.58. The van der Waals surface area contributed by atoms with Crippen LogP contribution in [0.25, 0.3) is 10.2 Å². The summed E-state index contributed by atoms with van der Waals surface area (Å²) in [6, 6.07) is 3.16. The molecule has 4 rings (SSSR count). The number of hydrogen-bond acceptors (Lipinski definition) is 4. The first-order chi connectivity index (χ1) is 12.7. The summed E-state index contributed by atoms with van der Waals surface area (Å²) >= 11 is 1.93. The summed E-state index contributed by atoms with van der Waals surface area (Å²) in [5.41, 5.74) is 1.25. The molecule has 0 bridgehead atoms. The normalized spacial score (nSPS) is 20.7. The number of aryl methyl sites for hydroxylation is 1. The monoisotopic (exact) mass is 371 g/mol. The first-order valence-corrected chi connectivity index (χ1v) is 11.5. The maximum absolute atomic E-state index is 4.87. The van der Waals surface area contributed by atoms with Crippen LogP contribution in [0.1, 0.15) is 92.9 Å². The Morgan fingerprint density at radius 3 is 2.35 bits per heavy atom. The molecule has 2 aromatic rings. The second kappa shape index (κ2) is 8.35. The van der Waals surface area contributed by atoms with E-state index in [0.29, 0.717) is 0 Å². The molecule has 0 spiro atoms. The average Bonchev–Trinajstić information content (AvgIpc) is 2.88. The molecule has 2 aliphatic rings. The highest BCUT2D eigenvalue weighted by atomic mass is 32.1. The van der Waals surface area contributed by atoms with Crippen molar-refractivity contribution in [2.75, 3.05) is 7.05 Å². The van der Waals surface area contributed by atoms with E-state index in [-0.39, 0.29) is 0 Å². The Morgan fingerprint density at radius 1 is 0.962 bits per heavy atom. The van der Waals surface area contributed by atoms with Crippen molar-refractivity contribution < 1.29 is 0 Å². The van der Waals surface area contributed by atoms with Crippen molar-refractivity contribution in [3.8, 4) is 0 Å². The minimum Gasteiger partial charge on any atom is -0.298 e. The van der Waals surface area contributed by atoms with E-state index in [2.05, 4.69) is 24.9 Å². The summed E-state index contributed by atoms with van der Waals surface area (Å²) in [5, 5.41) is 1.32. The van der Waals surface area contributed by atoms with Gasteiger partial charge in [0, 0.05) is 22.8 Å². The maximum atomic E-state index is 4.87. The second-order valence-electron chi connectivity index (χ2n) is 8.48. The van der Waals surface area contributed by atoms with Gasteiger partial charge in [-0.2, -0.15) is 0 Å². The Morgan fingerprint density at radius 2 is 1.62 bits per heavy atom. The predicted molar refractivity (Wildman–Crippen MR) is 111 cm³/mol. The third kappa shape index (κ3) is 4.12. The summed E-state index contributed by atoms with van der Waals surface area (Å²) in [4.78, 5) is 15.0. The molecule has 26 heavy (non-hydrogen) atoms. The van der Waals surface area contributed by atoms with Crippen molar-refractivity contribution in [3.63, 3.8) is 0 Å². The van der Waals surface area contributed by atoms with Crippen LogP contribution in [-0.2, 0) is 6.54 Å². The van der Waals surface area contributed by atoms with Gasteiger partial charge in [0.05, 0.1) is 5.69 Å². The molecule has 0 atom stereocenters. The molecule has 0 aromatic carbocycles. The molecule has 142 valence electrons. The van der Waals surface area contributed by atoms with Gasteiger partial charge >= 0.3 is 0 Å². The summed E-state index contributed by atoms with van der Waals surface area (Å²) in [5.74, 6) is 1.69. The van der Waals surface area contributed by atoms with Crippen LogP contribution in [0.5, 0.6) is 0 Å². The second-order valence-corrected chi connectivity index (χ2v) is 9.54. The van der Waals surface area contributed by atoms with Crippen molar-refractivity contribution in [1.29, 1.82) is 0 Å². The van der Waals surface area contributed by atoms with Crippen LogP contribution in [0.4, 0.5) is 0 Å². The first-order valence-electron chi connectivity index (χ1n) is 10.7. The number of thiophene rings is 1. The van der Waals surface area contributed by atoms with Crippen molar-refractivity contribution in [3.05, 3.63) is 22.5 Å². The molecule has 3 nitrogen and oxygen atoms in total. The number of hydrogen-bond donors (Lipinski definition) is 0. The maximum Gasteiger partial charge on any atom is 0.127 e. The third-order valence-corrected chi connectivity index (χ3v) is 7.65. The summed E-state index contributed by atoms with van der Waals surface area (Å²) in [6.45, 7) is 3.01. The first kappa shape index (κ1) is 18.4. The van der Waals surface area contributed by atoms with E-state index in [1.54, 1.807) is 4.88 Å². The number of rotatable bonds is 4. The SMILES string of the molecule is Cc1nc(CN(C)C2CCCCCC2)c2cc(C3CCCCC3)sc2n1. The van der Waals surface area contributed by atoms with Crippen LogP contribution in [-0.4, -0.2) is 28.0 Å². The van der Waals surface area contributed by atoms with E-state index in [1.165, 1.54) is 86.5 Å². The lowest BCUT2D eigenvalue weighted by atomic mass is 9.88. The molecule has 0 aliphatic heterocycles. The van der Waals surface area contributed by atoms with Crippen molar-refractivity contribution in [2.45, 2.75) is 96.1 Å². The molecule has 2 aliphatic carbocycles. The Kier molecular flexibility index (Phi) is 5.90. The van der Waals surface area contributed by atoms with Crippen molar-refractivity contribution >= 4 is 21.6 Å². The van der Waals surface area contributed by atoms with Crippen LogP contribution in [0.3, 0.4) is 0 Å². The molecule has 0 N–H and O–H groups in total. The van der Waals surface area contributed by atoms with Gasteiger partial charge in [0.25, 0.3) is 0 Å². The highest BCUT2D eigenvalue weighted by molar-refractivity contribution is 7.18. The van der Waals surface area contributed by atoms with Crippen LogP contribution in [0.15, 0.2) is 6.07 Å². The van der Waals surface area contributed by atoms with Crippen LogP contribution in [0, 0.1) is 6.92 Å². The van der Waals surface area contributed by atoms with E-state index in [1.807, 2.05) is 11.3 Å². The van der Waals surface area contributed by atoms with Gasteiger partial charge in [0.15, 0.2) is 0 Å². The van der Waals surface area contributed by atoms with Gasteiger partial charge < -0.3 is 0 Å². The van der Waals surface area contributed by atoms with Crippen molar-refractivity contribution in [1.82, 2.24) is 14.9 Å². The van der Waals surface area contributed by atoms with E-state index >= 15 is 0 Å².